The van der Waals surface area contributed by atoms with Crippen molar-refractivity contribution in [2.24, 2.45) is 0 Å². The summed E-state index contributed by atoms with van der Waals surface area (Å²) >= 11 is 0. The molecule has 1 fully saturated rings. The molecule has 1 heterocycles. The second kappa shape index (κ2) is 11.0. The summed E-state index contributed by atoms with van der Waals surface area (Å²) in [7, 11) is 0. The van der Waals surface area contributed by atoms with Crippen molar-refractivity contribution in [3.63, 3.8) is 0 Å². The number of aliphatic hydroxyl groups is 1. The molecule has 0 aliphatic carbocycles. The molecule has 0 bridgehead atoms. The Morgan fingerprint density at radius 1 is 1.13 bits per heavy atom. The first-order valence-electron chi connectivity index (χ1n) is 9.43. The third-order valence-electron chi connectivity index (χ3n) is 4.95. The molecule has 1 aliphatic heterocycles. The van der Waals surface area contributed by atoms with Crippen LogP contribution in [0, 0.1) is 0 Å². The zero-order valence-electron chi connectivity index (χ0n) is 15.0. The van der Waals surface area contributed by atoms with Crippen LogP contribution in [0.5, 0.6) is 0 Å². The van der Waals surface area contributed by atoms with Crippen LogP contribution < -0.4 is 5.32 Å². The van der Waals surface area contributed by atoms with Gasteiger partial charge >= 0.3 is 5.97 Å². The Morgan fingerprint density at radius 3 is 2.22 bits per heavy atom. The molecule has 3 N–H and O–H groups in total. The lowest BCUT2D eigenvalue weighted by molar-refractivity contribution is -0.143. The molecule has 5 nitrogen and oxygen atoms in total. The molecule has 1 saturated heterocycles. The first-order chi connectivity index (χ1) is 11.0. The van der Waals surface area contributed by atoms with Crippen LogP contribution in [0.15, 0.2) is 0 Å². The van der Waals surface area contributed by atoms with E-state index >= 15 is 0 Å². The summed E-state index contributed by atoms with van der Waals surface area (Å²) in [6.45, 7) is 5.42. The highest BCUT2D eigenvalue weighted by Crippen LogP contribution is 2.29. The van der Waals surface area contributed by atoms with Gasteiger partial charge in [0.15, 0.2) is 0 Å². The van der Waals surface area contributed by atoms with Crippen LogP contribution in [0.2, 0.25) is 0 Å². The molecule has 2 atom stereocenters. The number of hydrogen-bond acceptors (Lipinski definition) is 4. The third-order valence-corrected chi connectivity index (χ3v) is 4.95. The van der Waals surface area contributed by atoms with Gasteiger partial charge in [-0.05, 0) is 13.3 Å². The van der Waals surface area contributed by atoms with Crippen molar-refractivity contribution in [3.05, 3.63) is 0 Å². The van der Waals surface area contributed by atoms with E-state index in [0.29, 0.717) is 6.54 Å². The molecule has 0 amide bonds. The van der Waals surface area contributed by atoms with Crippen molar-refractivity contribution in [2.75, 3.05) is 13.1 Å². The van der Waals surface area contributed by atoms with Gasteiger partial charge in [-0.3, -0.25) is 15.0 Å². The smallest absolute Gasteiger partial charge is 0.306 e. The fraction of sp³-hybridized carbons (Fsp3) is 0.944. The molecule has 23 heavy (non-hydrogen) atoms. The molecule has 0 spiro atoms. The molecular formula is C18H36N2O3. The Balaban J connectivity index is 2.29. The summed E-state index contributed by atoms with van der Waals surface area (Å²) in [6.07, 6.45) is 11.5. The first-order valence-corrected chi connectivity index (χ1v) is 9.43. The molecule has 0 aromatic rings. The van der Waals surface area contributed by atoms with Gasteiger partial charge in [-0.2, -0.15) is 0 Å². The van der Waals surface area contributed by atoms with Gasteiger partial charge in [0.05, 0.1) is 12.1 Å². The highest BCUT2D eigenvalue weighted by atomic mass is 16.4. The molecule has 0 aromatic carbocycles. The number of hydrogen-bond donors (Lipinski definition) is 3. The minimum atomic E-state index is -0.805. The number of aliphatic hydroxyl groups excluding tert-OH is 1. The van der Waals surface area contributed by atoms with Gasteiger partial charge in [0.2, 0.25) is 0 Å². The van der Waals surface area contributed by atoms with Crippen LogP contribution in [0.3, 0.4) is 0 Å². The fourth-order valence-electron chi connectivity index (χ4n) is 3.73. The number of carboxylic acids is 1. The number of carboxylic acid groups (broad SMARTS) is 1. The van der Waals surface area contributed by atoms with E-state index in [1.165, 1.54) is 44.9 Å². The minimum Gasteiger partial charge on any atom is -0.481 e. The van der Waals surface area contributed by atoms with Crippen molar-refractivity contribution < 1.29 is 15.0 Å². The van der Waals surface area contributed by atoms with Crippen LogP contribution >= 0.6 is 0 Å². The maximum Gasteiger partial charge on any atom is 0.306 e. The van der Waals surface area contributed by atoms with Crippen LogP contribution in [0.4, 0.5) is 0 Å². The maximum absolute atomic E-state index is 11.2. The lowest BCUT2D eigenvalue weighted by atomic mass is 9.96. The van der Waals surface area contributed by atoms with Crippen molar-refractivity contribution in [1.82, 2.24) is 10.2 Å². The minimum absolute atomic E-state index is 0.0505. The highest BCUT2D eigenvalue weighted by molar-refractivity contribution is 5.68. The van der Waals surface area contributed by atoms with E-state index in [-0.39, 0.29) is 6.42 Å². The number of unbranched alkanes of at least 4 members (excludes halogenated alkanes) is 8. The molecule has 2 unspecified atom stereocenters. The van der Waals surface area contributed by atoms with Gasteiger partial charge in [0.1, 0.15) is 6.23 Å². The molecular weight excluding hydrogens is 292 g/mol. The lowest BCUT2D eigenvalue weighted by Gasteiger charge is -2.39. The average Bonchev–Trinajstić information content (AvgIpc) is 2.88. The molecule has 1 aliphatic rings. The molecule has 0 saturated carbocycles. The predicted octanol–water partition coefficient (Wildman–Crippen LogP) is 3.32. The van der Waals surface area contributed by atoms with Gasteiger partial charge in [0, 0.05) is 13.1 Å². The van der Waals surface area contributed by atoms with Crippen LogP contribution in [0.25, 0.3) is 0 Å². The Morgan fingerprint density at radius 2 is 1.70 bits per heavy atom. The Hall–Kier alpha value is -0.650. The van der Waals surface area contributed by atoms with E-state index in [0.717, 1.165) is 25.8 Å². The molecule has 1 rings (SSSR count). The Bertz CT molecular complexity index is 336. The number of rotatable bonds is 13. The SMILES string of the molecule is CCCCCCCCCCCC1(CC(=O)O)NCCN1C(C)O. The summed E-state index contributed by atoms with van der Waals surface area (Å²) in [5.41, 5.74) is -0.568. The zero-order chi connectivity index (χ0) is 17.1. The second-order valence-electron chi connectivity index (χ2n) is 6.93. The second-order valence-corrected chi connectivity index (χ2v) is 6.93. The van der Waals surface area contributed by atoms with E-state index in [9.17, 15) is 15.0 Å². The van der Waals surface area contributed by atoms with Crippen LogP contribution in [-0.4, -0.2) is 46.1 Å². The van der Waals surface area contributed by atoms with Crippen molar-refractivity contribution in [1.29, 1.82) is 0 Å². The van der Waals surface area contributed by atoms with Crippen molar-refractivity contribution >= 4 is 5.97 Å². The number of nitrogens with one attached hydrogen (secondary N) is 1. The molecule has 0 radical (unpaired) electrons. The first kappa shape index (κ1) is 20.4. The van der Waals surface area contributed by atoms with Gasteiger partial charge in [-0.25, -0.2) is 0 Å². The summed E-state index contributed by atoms with van der Waals surface area (Å²) in [4.78, 5) is 13.1. The molecule has 5 heteroatoms. The summed E-state index contributed by atoms with van der Waals surface area (Å²) in [5, 5.41) is 22.5. The number of carbonyl (C=O) groups is 1. The zero-order valence-corrected chi connectivity index (χ0v) is 15.0. The average molecular weight is 328 g/mol. The van der Waals surface area contributed by atoms with Crippen molar-refractivity contribution in [3.8, 4) is 0 Å². The monoisotopic (exact) mass is 328 g/mol. The predicted molar refractivity (Wildman–Crippen MR) is 93.2 cm³/mol. The Labute approximate surface area is 141 Å². The summed E-state index contributed by atoms with van der Waals surface area (Å²) in [6, 6.07) is 0. The lowest BCUT2D eigenvalue weighted by Crippen LogP contribution is -2.55. The van der Waals surface area contributed by atoms with Gasteiger partial charge in [-0.1, -0.05) is 64.7 Å². The normalized spacial score (nSPS) is 23.3. The highest BCUT2D eigenvalue weighted by Gasteiger charge is 2.43. The van der Waals surface area contributed by atoms with E-state index < -0.39 is 17.9 Å². The van der Waals surface area contributed by atoms with E-state index in [1.54, 1.807) is 6.92 Å². The molecule has 136 valence electrons. The van der Waals surface area contributed by atoms with E-state index in [4.69, 9.17) is 0 Å². The fourth-order valence-corrected chi connectivity index (χ4v) is 3.73. The van der Waals surface area contributed by atoms with Gasteiger partial charge in [-0.15, -0.1) is 0 Å². The van der Waals surface area contributed by atoms with Gasteiger partial charge in [0.25, 0.3) is 0 Å². The maximum atomic E-state index is 11.2. The van der Waals surface area contributed by atoms with E-state index in [2.05, 4.69) is 12.2 Å². The molecule has 0 aromatic heterocycles. The quantitative estimate of drug-likeness (QED) is 0.452. The van der Waals surface area contributed by atoms with Crippen LogP contribution in [0.1, 0.15) is 84.5 Å². The topological polar surface area (TPSA) is 72.8 Å². The van der Waals surface area contributed by atoms with Gasteiger partial charge < -0.3 is 10.2 Å². The van der Waals surface area contributed by atoms with E-state index in [1.807, 2.05) is 4.90 Å². The van der Waals surface area contributed by atoms with Crippen LogP contribution in [-0.2, 0) is 4.79 Å². The summed E-state index contributed by atoms with van der Waals surface area (Å²) in [5.74, 6) is -0.805. The third kappa shape index (κ3) is 7.19. The largest absolute Gasteiger partial charge is 0.481 e. The number of aliphatic carboxylic acids is 1. The van der Waals surface area contributed by atoms with Crippen molar-refractivity contribution in [2.45, 2.75) is 96.4 Å². The standard InChI is InChI=1S/C18H36N2O3/c1-3-4-5-6-7-8-9-10-11-12-18(15-17(22)23)19-13-14-20(18)16(2)21/h16,19,21H,3-15H2,1-2H3,(H,22,23). The Kier molecular flexibility index (Phi) is 9.75. The number of nitrogens with zero attached hydrogens (tertiary/aromatic N) is 1. The summed E-state index contributed by atoms with van der Waals surface area (Å²) < 4.78 is 0.